The van der Waals surface area contributed by atoms with Crippen LogP contribution in [0, 0.1) is 5.92 Å². The van der Waals surface area contributed by atoms with E-state index < -0.39 is 12.1 Å². The number of anilines is 2. The molecule has 0 saturated carbocycles. The number of nitrogens with zero attached hydrogens (tertiary/aromatic N) is 1. The van der Waals surface area contributed by atoms with Gasteiger partial charge in [-0.15, -0.1) is 0 Å². The number of carbonyl (C=O) groups is 3. The predicted octanol–water partition coefficient (Wildman–Crippen LogP) is 2.85. The van der Waals surface area contributed by atoms with Crippen LogP contribution in [-0.4, -0.2) is 61.7 Å². The molecule has 9 heteroatoms. The third kappa shape index (κ3) is 8.17. The molecule has 3 rings (SSSR count). The van der Waals surface area contributed by atoms with Crippen molar-refractivity contribution in [1.82, 2.24) is 10.2 Å². The van der Waals surface area contributed by atoms with E-state index in [0.717, 1.165) is 18.7 Å². The Balaban J connectivity index is 1.47. The van der Waals surface area contributed by atoms with Crippen LogP contribution in [0.25, 0.3) is 0 Å². The van der Waals surface area contributed by atoms with Gasteiger partial charge in [0.1, 0.15) is 12.6 Å². The van der Waals surface area contributed by atoms with Crippen molar-refractivity contribution in [3.8, 4) is 0 Å². The molecule has 1 fully saturated rings. The van der Waals surface area contributed by atoms with E-state index in [0.29, 0.717) is 31.1 Å². The minimum absolute atomic E-state index is 0.100. The van der Waals surface area contributed by atoms with Gasteiger partial charge < -0.3 is 25.4 Å². The molecule has 1 aliphatic heterocycles. The normalized spacial score (nSPS) is 14.8. The van der Waals surface area contributed by atoms with Crippen LogP contribution in [0.4, 0.5) is 16.2 Å². The topological polar surface area (TPSA) is 109 Å². The predicted molar refractivity (Wildman–Crippen MR) is 129 cm³/mol. The van der Waals surface area contributed by atoms with Gasteiger partial charge in [-0.3, -0.25) is 14.5 Å². The highest BCUT2D eigenvalue weighted by Crippen LogP contribution is 2.15. The Labute approximate surface area is 199 Å². The van der Waals surface area contributed by atoms with E-state index in [4.69, 9.17) is 9.47 Å². The van der Waals surface area contributed by atoms with Gasteiger partial charge in [0, 0.05) is 24.5 Å². The number of ether oxygens (including phenoxy) is 2. The lowest BCUT2D eigenvalue weighted by molar-refractivity contribution is -0.119. The zero-order valence-electron chi connectivity index (χ0n) is 19.6. The molecule has 1 saturated heterocycles. The maximum Gasteiger partial charge on any atom is 0.408 e. The Morgan fingerprint density at radius 3 is 2.18 bits per heavy atom. The lowest BCUT2D eigenvalue weighted by atomic mass is 10.0. The number of nitrogens with one attached hydrogen (secondary N) is 3. The van der Waals surface area contributed by atoms with Crippen molar-refractivity contribution in [3.63, 3.8) is 0 Å². The van der Waals surface area contributed by atoms with Gasteiger partial charge in [0.05, 0.1) is 19.8 Å². The van der Waals surface area contributed by atoms with Crippen molar-refractivity contribution < 1.29 is 23.9 Å². The first-order chi connectivity index (χ1) is 16.4. The van der Waals surface area contributed by atoms with Crippen LogP contribution >= 0.6 is 0 Å². The molecule has 1 atom stereocenters. The Morgan fingerprint density at radius 2 is 1.56 bits per heavy atom. The van der Waals surface area contributed by atoms with Crippen LogP contribution in [0.5, 0.6) is 0 Å². The van der Waals surface area contributed by atoms with Gasteiger partial charge in [-0.25, -0.2) is 4.79 Å². The zero-order chi connectivity index (χ0) is 24.3. The number of hydrogen-bond donors (Lipinski definition) is 3. The Hall–Kier alpha value is -3.43. The smallest absolute Gasteiger partial charge is 0.408 e. The average Bonchev–Trinajstić information content (AvgIpc) is 2.83. The maximum absolute atomic E-state index is 12.8. The van der Waals surface area contributed by atoms with Crippen LogP contribution in [0.1, 0.15) is 19.4 Å². The lowest BCUT2D eigenvalue weighted by Crippen LogP contribution is -2.47. The second-order valence-electron chi connectivity index (χ2n) is 8.43. The first-order valence-electron chi connectivity index (χ1n) is 11.4. The second kappa shape index (κ2) is 12.7. The molecule has 0 aromatic heterocycles. The Kier molecular flexibility index (Phi) is 9.42. The quantitative estimate of drug-likeness (QED) is 0.522. The second-order valence-corrected chi connectivity index (χ2v) is 8.43. The molecule has 0 radical (unpaired) electrons. The summed E-state index contributed by atoms with van der Waals surface area (Å²) < 4.78 is 10.5. The zero-order valence-corrected chi connectivity index (χ0v) is 19.6. The summed E-state index contributed by atoms with van der Waals surface area (Å²) >= 11 is 0. The number of hydrogen-bond acceptors (Lipinski definition) is 6. The van der Waals surface area contributed by atoms with E-state index in [9.17, 15) is 14.4 Å². The van der Waals surface area contributed by atoms with E-state index in [1.807, 2.05) is 49.1 Å². The molecular formula is C25H32N4O5. The molecule has 0 bridgehead atoms. The number of alkyl carbamates (subject to hydrolysis) is 1. The number of rotatable bonds is 9. The van der Waals surface area contributed by atoms with Crippen molar-refractivity contribution in [2.75, 3.05) is 43.5 Å². The van der Waals surface area contributed by atoms with Gasteiger partial charge in [0.2, 0.25) is 11.8 Å². The van der Waals surface area contributed by atoms with Gasteiger partial charge in [0.15, 0.2) is 0 Å². The summed E-state index contributed by atoms with van der Waals surface area (Å²) in [6, 6.07) is 15.4. The molecule has 0 unspecified atom stereocenters. The monoisotopic (exact) mass is 468 g/mol. The Morgan fingerprint density at radius 1 is 0.941 bits per heavy atom. The molecule has 2 aromatic rings. The molecule has 1 heterocycles. The average molecular weight is 469 g/mol. The van der Waals surface area contributed by atoms with Crippen LogP contribution in [-0.2, 0) is 25.7 Å². The largest absolute Gasteiger partial charge is 0.445 e. The number of carbonyl (C=O) groups excluding carboxylic acids is 3. The fourth-order valence-corrected chi connectivity index (χ4v) is 3.45. The molecular weight excluding hydrogens is 436 g/mol. The van der Waals surface area contributed by atoms with Crippen molar-refractivity contribution in [3.05, 3.63) is 60.2 Å². The highest BCUT2D eigenvalue weighted by Gasteiger charge is 2.25. The summed E-state index contributed by atoms with van der Waals surface area (Å²) in [4.78, 5) is 39.3. The van der Waals surface area contributed by atoms with Crippen LogP contribution in [0.2, 0.25) is 0 Å². The minimum Gasteiger partial charge on any atom is -0.445 e. The van der Waals surface area contributed by atoms with Crippen molar-refractivity contribution >= 4 is 29.3 Å². The van der Waals surface area contributed by atoms with Gasteiger partial charge >= 0.3 is 6.09 Å². The van der Waals surface area contributed by atoms with Crippen LogP contribution in [0.3, 0.4) is 0 Å². The van der Waals surface area contributed by atoms with Crippen LogP contribution in [0.15, 0.2) is 54.6 Å². The molecule has 2 aromatic carbocycles. The molecule has 9 nitrogen and oxygen atoms in total. The van der Waals surface area contributed by atoms with E-state index in [2.05, 4.69) is 16.0 Å². The summed E-state index contributed by atoms with van der Waals surface area (Å²) in [7, 11) is 0. The number of amides is 3. The molecule has 34 heavy (non-hydrogen) atoms. The van der Waals surface area contributed by atoms with E-state index in [1.165, 1.54) is 0 Å². The first-order valence-corrected chi connectivity index (χ1v) is 11.4. The highest BCUT2D eigenvalue weighted by atomic mass is 16.5. The summed E-state index contributed by atoms with van der Waals surface area (Å²) in [6.45, 7) is 6.87. The first kappa shape index (κ1) is 25.2. The van der Waals surface area contributed by atoms with Gasteiger partial charge in [0.25, 0.3) is 0 Å². The SMILES string of the molecule is CC(C)[C@H](NC(=O)OCc1ccccc1)C(=O)Nc1ccc(NC(=O)CN2CCOCC2)cc1. The maximum atomic E-state index is 12.8. The summed E-state index contributed by atoms with van der Waals surface area (Å²) in [6.07, 6.45) is -0.656. The molecule has 0 aliphatic carbocycles. The van der Waals surface area contributed by atoms with E-state index in [-0.39, 0.29) is 24.3 Å². The molecule has 3 amide bonds. The number of morpholine rings is 1. The summed E-state index contributed by atoms with van der Waals surface area (Å²) in [5, 5.41) is 8.30. The third-order valence-electron chi connectivity index (χ3n) is 5.34. The standard InChI is InChI=1S/C25H32N4O5/c1-18(2)23(28-25(32)34-17-19-6-4-3-5-7-19)24(31)27-21-10-8-20(9-11-21)26-22(30)16-29-12-14-33-15-13-29/h3-11,18,23H,12-17H2,1-2H3,(H,26,30)(H,27,31)(H,28,32)/t23-/m0/s1. The van der Waals surface area contributed by atoms with Gasteiger partial charge in [-0.05, 0) is 35.7 Å². The Bertz CT molecular complexity index is 944. The minimum atomic E-state index is -0.767. The van der Waals surface area contributed by atoms with E-state index >= 15 is 0 Å². The summed E-state index contributed by atoms with van der Waals surface area (Å²) in [5.41, 5.74) is 2.06. The molecule has 1 aliphatic rings. The third-order valence-corrected chi connectivity index (χ3v) is 5.34. The van der Waals surface area contributed by atoms with Crippen molar-refractivity contribution in [1.29, 1.82) is 0 Å². The van der Waals surface area contributed by atoms with E-state index in [1.54, 1.807) is 24.3 Å². The van der Waals surface area contributed by atoms with Crippen molar-refractivity contribution in [2.45, 2.75) is 26.5 Å². The molecule has 0 spiro atoms. The van der Waals surface area contributed by atoms with Crippen LogP contribution < -0.4 is 16.0 Å². The number of benzene rings is 2. The fourth-order valence-electron chi connectivity index (χ4n) is 3.45. The van der Waals surface area contributed by atoms with Gasteiger partial charge in [-0.1, -0.05) is 44.2 Å². The lowest BCUT2D eigenvalue weighted by Gasteiger charge is -2.25. The summed E-state index contributed by atoms with van der Waals surface area (Å²) in [5.74, 6) is -0.601. The molecule has 3 N–H and O–H groups in total. The highest BCUT2D eigenvalue weighted by molar-refractivity contribution is 5.97. The molecule has 182 valence electrons. The van der Waals surface area contributed by atoms with Gasteiger partial charge in [-0.2, -0.15) is 0 Å². The fraction of sp³-hybridized carbons (Fsp3) is 0.400. The van der Waals surface area contributed by atoms with Crippen molar-refractivity contribution in [2.24, 2.45) is 5.92 Å².